The topological polar surface area (TPSA) is 20.3 Å². The predicted molar refractivity (Wildman–Crippen MR) is 80.0 cm³/mol. The molecular formula is C17H19NO. The Morgan fingerprint density at radius 1 is 0.947 bits per heavy atom. The van der Waals surface area contributed by atoms with E-state index in [1.54, 1.807) is 0 Å². The highest BCUT2D eigenvalue weighted by Gasteiger charge is 2.07. The van der Waals surface area contributed by atoms with E-state index in [0.717, 1.165) is 16.8 Å². The lowest BCUT2D eigenvalue weighted by Gasteiger charge is -2.12. The molecule has 0 aliphatic heterocycles. The number of carbonyl (C=O) groups excluding carboxylic acids is 1. The third-order valence-electron chi connectivity index (χ3n) is 3.19. The van der Waals surface area contributed by atoms with E-state index < -0.39 is 0 Å². The van der Waals surface area contributed by atoms with Crippen LogP contribution < -0.4 is 4.90 Å². The van der Waals surface area contributed by atoms with Crippen LogP contribution in [0.3, 0.4) is 0 Å². The number of hydrogen-bond donors (Lipinski definition) is 0. The van der Waals surface area contributed by atoms with Gasteiger partial charge in [0, 0.05) is 31.8 Å². The molecule has 2 rings (SSSR count). The van der Waals surface area contributed by atoms with Crippen LogP contribution in [0.15, 0.2) is 48.5 Å². The van der Waals surface area contributed by atoms with Crippen LogP contribution in [-0.4, -0.2) is 19.9 Å². The van der Waals surface area contributed by atoms with Crippen molar-refractivity contribution < 1.29 is 4.79 Å². The van der Waals surface area contributed by atoms with Crippen LogP contribution in [0.1, 0.15) is 21.5 Å². The summed E-state index contributed by atoms with van der Waals surface area (Å²) in [6, 6.07) is 15.8. The second-order valence-electron chi connectivity index (χ2n) is 5.03. The van der Waals surface area contributed by atoms with Gasteiger partial charge in [0.05, 0.1) is 0 Å². The van der Waals surface area contributed by atoms with Gasteiger partial charge in [-0.15, -0.1) is 0 Å². The molecule has 0 unspecified atom stereocenters. The van der Waals surface area contributed by atoms with Crippen LogP contribution in [0.25, 0.3) is 0 Å². The van der Waals surface area contributed by atoms with E-state index in [4.69, 9.17) is 0 Å². The molecule has 0 N–H and O–H groups in total. The second kappa shape index (κ2) is 5.70. The zero-order chi connectivity index (χ0) is 13.8. The highest BCUT2D eigenvalue weighted by molar-refractivity contribution is 5.97. The van der Waals surface area contributed by atoms with E-state index in [0.29, 0.717) is 6.42 Å². The third kappa shape index (κ3) is 3.44. The number of ketones is 1. The summed E-state index contributed by atoms with van der Waals surface area (Å²) in [5.74, 6) is 0.161. The zero-order valence-electron chi connectivity index (χ0n) is 11.7. The molecule has 2 aromatic carbocycles. The summed E-state index contributed by atoms with van der Waals surface area (Å²) in [7, 11) is 3.98. The van der Waals surface area contributed by atoms with Gasteiger partial charge in [0.15, 0.2) is 5.78 Å². The molecule has 0 aliphatic rings. The number of benzene rings is 2. The van der Waals surface area contributed by atoms with Crippen LogP contribution in [0, 0.1) is 6.92 Å². The third-order valence-corrected chi connectivity index (χ3v) is 3.19. The van der Waals surface area contributed by atoms with Gasteiger partial charge in [-0.25, -0.2) is 0 Å². The summed E-state index contributed by atoms with van der Waals surface area (Å²) >= 11 is 0. The number of carbonyl (C=O) groups is 1. The number of Topliss-reactive ketones (excluding diaryl/α,β-unsaturated/α-hetero) is 1. The van der Waals surface area contributed by atoms with Crippen LogP contribution in [0.4, 0.5) is 5.69 Å². The van der Waals surface area contributed by atoms with Crippen molar-refractivity contribution >= 4 is 11.5 Å². The Bertz CT molecular complexity index is 553. The molecule has 0 radical (unpaired) electrons. The Labute approximate surface area is 114 Å². The molecule has 0 amide bonds. The van der Waals surface area contributed by atoms with Crippen molar-refractivity contribution in [2.45, 2.75) is 13.3 Å². The minimum atomic E-state index is 0.161. The fraction of sp³-hybridized carbons (Fsp3) is 0.235. The second-order valence-corrected chi connectivity index (χ2v) is 5.03. The van der Waals surface area contributed by atoms with Crippen LogP contribution in [-0.2, 0) is 6.42 Å². The predicted octanol–water partition coefficient (Wildman–Crippen LogP) is 3.49. The standard InChI is InChI=1S/C17H19NO/c1-13-4-6-14(7-5-13)12-17(19)15-8-10-16(11-9-15)18(2)3/h4-11H,12H2,1-3H3. The van der Waals surface area contributed by atoms with E-state index in [9.17, 15) is 4.79 Å². The Morgan fingerprint density at radius 3 is 2.05 bits per heavy atom. The summed E-state index contributed by atoms with van der Waals surface area (Å²) in [5.41, 5.74) is 4.15. The van der Waals surface area contributed by atoms with E-state index in [1.807, 2.05) is 74.4 Å². The first-order valence-corrected chi connectivity index (χ1v) is 6.42. The summed E-state index contributed by atoms with van der Waals surface area (Å²) in [6.45, 7) is 2.05. The molecule has 0 saturated heterocycles. The normalized spacial score (nSPS) is 10.3. The van der Waals surface area contributed by atoms with Gasteiger partial charge >= 0.3 is 0 Å². The van der Waals surface area contributed by atoms with E-state index in [2.05, 4.69) is 0 Å². The molecule has 0 aromatic heterocycles. The fourth-order valence-corrected chi connectivity index (χ4v) is 1.94. The lowest BCUT2D eigenvalue weighted by atomic mass is 10.0. The van der Waals surface area contributed by atoms with Gasteiger partial charge < -0.3 is 4.90 Å². The largest absolute Gasteiger partial charge is 0.378 e. The van der Waals surface area contributed by atoms with Crippen molar-refractivity contribution in [3.63, 3.8) is 0 Å². The van der Waals surface area contributed by atoms with Crippen molar-refractivity contribution in [3.8, 4) is 0 Å². The number of aryl methyl sites for hydroxylation is 1. The molecule has 0 saturated carbocycles. The summed E-state index contributed by atoms with van der Waals surface area (Å²) in [6.07, 6.45) is 0.460. The highest BCUT2D eigenvalue weighted by atomic mass is 16.1. The zero-order valence-corrected chi connectivity index (χ0v) is 11.7. The number of hydrogen-bond acceptors (Lipinski definition) is 2. The number of anilines is 1. The van der Waals surface area contributed by atoms with Crippen molar-refractivity contribution in [2.24, 2.45) is 0 Å². The first-order chi connectivity index (χ1) is 9.06. The Morgan fingerprint density at radius 2 is 1.53 bits per heavy atom. The first-order valence-electron chi connectivity index (χ1n) is 6.42. The van der Waals surface area contributed by atoms with Gasteiger partial charge in [0.2, 0.25) is 0 Å². The SMILES string of the molecule is Cc1ccc(CC(=O)c2ccc(N(C)C)cc2)cc1. The van der Waals surface area contributed by atoms with Crippen LogP contribution in [0.5, 0.6) is 0 Å². The molecule has 0 fully saturated rings. The summed E-state index contributed by atoms with van der Waals surface area (Å²) in [5, 5.41) is 0. The molecule has 2 heteroatoms. The van der Waals surface area contributed by atoms with Crippen molar-refractivity contribution in [1.29, 1.82) is 0 Å². The van der Waals surface area contributed by atoms with Gasteiger partial charge in [0.25, 0.3) is 0 Å². The number of nitrogens with zero attached hydrogens (tertiary/aromatic N) is 1. The van der Waals surface area contributed by atoms with Crippen molar-refractivity contribution in [2.75, 3.05) is 19.0 Å². The van der Waals surface area contributed by atoms with Crippen LogP contribution in [0.2, 0.25) is 0 Å². The monoisotopic (exact) mass is 253 g/mol. The maximum atomic E-state index is 12.2. The Hall–Kier alpha value is -2.09. The van der Waals surface area contributed by atoms with E-state index in [-0.39, 0.29) is 5.78 Å². The average Bonchev–Trinajstić information content (AvgIpc) is 2.41. The van der Waals surface area contributed by atoms with Gasteiger partial charge in [0.1, 0.15) is 0 Å². The minimum Gasteiger partial charge on any atom is -0.378 e. The molecule has 2 nitrogen and oxygen atoms in total. The number of rotatable bonds is 4. The molecule has 0 bridgehead atoms. The molecule has 98 valence electrons. The molecule has 0 atom stereocenters. The molecule has 0 spiro atoms. The van der Waals surface area contributed by atoms with E-state index >= 15 is 0 Å². The van der Waals surface area contributed by atoms with Gasteiger partial charge in [-0.2, -0.15) is 0 Å². The molecule has 0 heterocycles. The smallest absolute Gasteiger partial charge is 0.167 e. The van der Waals surface area contributed by atoms with Gasteiger partial charge in [-0.3, -0.25) is 4.79 Å². The Kier molecular flexibility index (Phi) is 4.00. The Balaban J connectivity index is 2.09. The fourth-order valence-electron chi connectivity index (χ4n) is 1.94. The summed E-state index contributed by atoms with van der Waals surface area (Å²) < 4.78 is 0. The van der Waals surface area contributed by atoms with E-state index in [1.165, 1.54) is 5.56 Å². The van der Waals surface area contributed by atoms with Crippen molar-refractivity contribution in [1.82, 2.24) is 0 Å². The minimum absolute atomic E-state index is 0.161. The summed E-state index contributed by atoms with van der Waals surface area (Å²) in [4.78, 5) is 14.2. The average molecular weight is 253 g/mol. The maximum absolute atomic E-state index is 12.2. The first kappa shape index (κ1) is 13.3. The van der Waals surface area contributed by atoms with Crippen LogP contribution >= 0.6 is 0 Å². The lowest BCUT2D eigenvalue weighted by molar-refractivity contribution is 0.0993. The molecule has 0 aliphatic carbocycles. The maximum Gasteiger partial charge on any atom is 0.167 e. The molecule has 2 aromatic rings. The molecular weight excluding hydrogens is 234 g/mol. The quantitative estimate of drug-likeness (QED) is 0.777. The van der Waals surface area contributed by atoms with Gasteiger partial charge in [-0.1, -0.05) is 29.8 Å². The lowest BCUT2D eigenvalue weighted by Crippen LogP contribution is -2.09. The molecule has 19 heavy (non-hydrogen) atoms. The van der Waals surface area contributed by atoms with Crippen molar-refractivity contribution in [3.05, 3.63) is 65.2 Å². The van der Waals surface area contributed by atoms with Gasteiger partial charge in [-0.05, 0) is 36.8 Å². The highest BCUT2D eigenvalue weighted by Crippen LogP contribution is 2.14.